The monoisotopic (exact) mass is 540 g/mol. The van der Waals surface area contributed by atoms with E-state index in [1.54, 1.807) is 0 Å². The minimum atomic E-state index is -1.18. The van der Waals surface area contributed by atoms with Gasteiger partial charge in [-0.2, -0.15) is 0 Å². The molecule has 3 N–H and O–H groups in total. The van der Waals surface area contributed by atoms with E-state index in [2.05, 4.69) is 19.1 Å². The second kappa shape index (κ2) is 22.0. The molecule has 0 aliphatic rings. The lowest BCUT2D eigenvalue weighted by atomic mass is 10.00. The summed E-state index contributed by atoms with van der Waals surface area (Å²) in [6.45, 7) is 6.72. The fourth-order valence-electron chi connectivity index (χ4n) is 5.54. The Labute approximate surface area is 232 Å². The predicted molar refractivity (Wildman–Crippen MR) is 154 cm³/mol. The number of hydrogen-bond donors (Lipinski definition) is 3. The van der Waals surface area contributed by atoms with Crippen molar-refractivity contribution in [2.24, 2.45) is 0 Å². The van der Waals surface area contributed by atoms with E-state index in [0.717, 1.165) is 25.7 Å². The van der Waals surface area contributed by atoms with Crippen LogP contribution in [0.5, 0.6) is 0 Å². The van der Waals surface area contributed by atoms with Gasteiger partial charge in [0.15, 0.2) is 18.1 Å². The van der Waals surface area contributed by atoms with Crippen LogP contribution in [0.4, 0.5) is 0 Å². The summed E-state index contributed by atoms with van der Waals surface area (Å²) >= 11 is 0. The summed E-state index contributed by atoms with van der Waals surface area (Å²) < 4.78 is -0.491. The van der Waals surface area contributed by atoms with Gasteiger partial charge in [-0.25, -0.2) is 14.4 Å². The van der Waals surface area contributed by atoms with Crippen LogP contribution in [-0.2, 0) is 14.4 Å². The minimum Gasteiger partial charge on any atom is -0.477 e. The molecule has 0 aromatic carbocycles. The van der Waals surface area contributed by atoms with Crippen LogP contribution in [0.3, 0.4) is 0 Å². The van der Waals surface area contributed by atoms with Gasteiger partial charge in [-0.05, 0) is 59.3 Å². The molecule has 0 aliphatic carbocycles. The van der Waals surface area contributed by atoms with Gasteiger partial charge in [-0.3, -0.25) is 4.48 Å². The molecule has 0 rings (SSSR count). The smallest absolute Gasteiger partial charge is 0.362 e. The van der Waals surface area contributed by atoms with Crippen LogP contribution in [0.2, 0.25) is 0 Å². The standard InChI is InChI=1S/C31H57NO6/c1-5-6-7-8-9-10-11-12-13-14-15-16-17-18-19-20-21-22-23-24-25-32(26(2)29(33)34,27(3)30(35)36)28(4)31(37)38/h19-20,26-28H,5-18,21-25H2,1-4H3,(H2-,33,34,35,36,37,38)/p+1/b20-19+. The highest BCUT2D eigenvalue weighted by Crippen LogP contribution is 2.27. The highest BCUT2D eigenvalue weighted by atomic mass is 16.4. The van der Waals surface area contributed by atoms with Crippen molar-refractivity contribution in [3.63, 3.8) is 0 Å². The number of carboxylic acid groups (broad SMARTS) is 3. The number of aliphatic carboxylic acids is 3. The van der Waals surface area contributed by atoms with Gasteiger partial charge in [0.1, 0.15) is 0 Å². The summed E-state index contributed by atoms with van der Waals surface area (Å²) in [5.74, 6) is -3.54. The largest absolute Gasteiger partial charge is 0.477 e. The van der Waals surface area contributed by atoms with E-state index in [9.17, 15) is 29.7 Å². The number of carbonyl (C=O) groups is 3. The first-order valence-electron chi connectivity index (χ1n) is 15.3. The molecule has 0 saturated carbocycles. The highest BCUT2D eigenvalue weighted by Gasteiger charge is 2.52. The van der Waals surface area contributed by atoms with Crippen LogP contribution in [-0.4, -0.2) is 62.4 Å². The van der Waals surface area contributed by atoms with Gasteiger partial charge >= 0.3 is 17.9 Å². The average Bonchev–Trinajstić information content (AvgIpc) is 2.88. The first-order chi connectivity index (χ1) is 18.1. The van der Waals surface area contributed by atoms with Crippen LogP contribution in [0, 0.1) is 0 Å². The number of allylic oxidation sites excluding steroid dienone is 2. The Balaban J connectivity index is 4.14. The van der Waals surface area contributed by atoms with Crippen molar-refractivity contribution >= 4 is 17.9 Å². The molecular weight excluding hydrogens is 482 g/mol. The third kappa shape index (κ3) is 14.3. The maximum absolute atomic E-state index is 11.8. The Hall–Kier alpha value is -1.89. The van der Waals surface area contributed by atoms with Crippen molar-refractivity contribution in [1.82, 2.24) is 0 Å². The van der Waals surface area contributed by atoms with Crippen molar-refractivity contribution in [2.75, 3.05) is 6.54 Å². The molecule has 7 heteroatoms. The molecule has 0 fully saturated rings. The van der Waals surface area contributed by atoms with Crippen LogP contribution >= 0.6 is 0 Å². The Morgan fingerprint density at radius 3 is 1.13 bits per heavy atom. The molecule has 222 valence electrons. The first-order valence-corrected chi connectivity index (χ1v) is 15.3. The minimum absolute atomic E-state index is 0.205. The Kier molecular flexibility index (Phi) is 20.9. The molecule has 0 heterocycles. The Bertz CT molecular complexity index is 627. The summed E-state index contributed by atoms with van der Waals surface area (Å²) in [6, 6.07) is -3.40. The molecule has 7 nitrogen and oxygen atoms in total. The lowest BCUT2D eigenvalue weighted by Crippen LogP contribution is -2.70. The van der Waals surface area contributed by atoms with Crippen LogP contribution in [0.25, 0.3) is 0 Å². The van der Waals surface area contributed by atoms with E-state index in [1.807, 2.05) is 0 Å². The molecule has 0 bridgehead atoms. The van der Waals surface area contributed by atoms with Crippen LogP contribution < -0.4 is 0 Å². The van der Waals surface area contributed by atoms with Gasteiger partial charge < -0.3 is 15.3 Å². The summed E-state index contributed by atoms with van der Waals surface area (Å²) in [7, 11) is 0. The molecule has 3 unspecified atom stereocenters. The molecule has 38 heavy (non-hydrogen) atoms. The van der Waals surface area contributed by atoms with E-state index in [4.69, 9.17) is 0 Å². The van der Waals surface area contributed by atoms with Crippen molar-refractivity contribution in [1.29, 1.82) is 0 Å². The summed E-state index contributed by atoms with van der Waals surface area (Å²) in [4.78, 5) is 35.4. The molecule has 3 atom stereocenters. The summed E-state index contributed by atoms with van der Waals surface area (Å²) in [5.41, 5.74) is 0. The second-order valence-corrected chi connectivity index (χ2v) is 11.1. The van der Waals surface area contributed by atoms with Gasteiger partial charge in [0.25, 0.3) is 0 Å². The van der Waals surface area contributed by atoms with E-state index in [0.29, 0.717) is 6.42 Å². The number of hydrogen-bond acceptors (Lipinski definition) is 3. The van der Waals surface area contributed by atoms with Crippen LogP contribution in [0.15, 0.2) is 12.2 Å². The maximum Gasteiger partial charge on any atom is 0.362 e. The lowest BCUT2D eigenvalue weighted by Gasteiger charge is -2.47. The van der Waals surface area contributed by atoms with Gasteiger partial charge in [0.05, 0.1) is 6.54 Å². The molecule has 0 radical (unpaired) electrons. The summed E-state index contributed by atoms with van der Waals surface area (Å²) in [5, 5.41) is 28.9. The molecule has 0 spiro atoms. The SMILES string of the molecule is CCCCCCCCCCCCCCC/C=C/CCCCC[N+](C(C)C(=O)O)(C(C)C(=O)O)C(C)C(=O)O. The number of rotatable bonds is 26. The average molecular weight is 541 g/mol. The lowest BCUT2D eigenvalue weighted by molar-refractivity contribution is -0.968. The third-order valence-electron chi connectivity index (χ3n) is 8.29. The topological polar surface area (TPSA) is 112 Å². The van der Waals surface area contributed by atoms with Crippen molar-refractivity contribution in [3.05, 3.63) is 12.2 Å². The van der Waals surface area contributed by atoms with E-state index in [-0.39, 0.29) is 6.54 Å². The van der Waals surface area contributed by atoms with Gasteiger partial charge in [-0.15, -0.1) is 0 Å². The van der Waals surface area contributed by atoms with Crippen molar-refractivity contribution in [3.8, 4) is 0 Å². The number of unbranched alkanes of at least 4 members (excludes halogenated alkanes) is 16. The Morgan fingerprint density at radius 1 is 0.526 bits per heavy atom. The fraction of sp³-hybridized carbons (Fsp3) is 0.839. The number of nitrogens with zero attached hydrogens (tertiary/aromatic N) is 1. The first kappa shape index (κ1) is 36.1. The van der Waals surface area contributed by atoms with E-state index in [1.165, 1.54) is 104 Å². The van der Waals surface area contributed by atoms with Gasteiger partial charge in [-0.1, -0.05) is 96.1 Å². The van der Waals surface area contributed by atoms with E-state index >= 15 is 0 Å². The molecule has 0 aliphatic heterocycles. The fourth-order valence-corrected chi connectivity index (χ4v) is 5.54. The van der Waals surface area contributed by atoms with Gasteiger partial charge in [0, 0.05) is 0 Å². The van der Waals surface area contributed by atoms with Crippen molar-refractivity contribution in [2.45, 2.75) is 161 Å². The number of quaternary nitrogens is 1. The summed E-state index contributed by atoms with van der Waals surface area (Å²) in [6.07, 6.45) is 26.4. The quantitative estimate of drug-likeness (QED) is 0.0586. The third-order valence-corrected chi connectivity index (χ3v) is 8.29. The molecule has 0 aromatic rings. The zero-order chi connectivity index (χ0) is 28.8. The molecule has 0 saturated heterocycles. The van der Waals surface area contributed by atoms with Crippen LogP contribution in [0.1, 0.15) is 143 Å². The maximum atomic E-state index is 11.8. The van der Waals surface area contributed by atoms with Gasteiger partial charge in [0.2, 0.25) is 0 Å². The normalized spacial score (nSPS) is 15.7. The molecular formula is C31H58NO6+. The molecule has 0 amide bonds. The zero-order valence-electron chi connectivity index (χ0n) is 24.8. The number of carboxylic acids is 3. The second-order valence-electron chi connectivity index (χ2n) is 11.1. The predicted octanol–water partition coefficient (Wildman–Crippen LogP) is 7.82. The van der Waals surface area contributed by atoms with Crippen molar-refractivity contribution < 1.29 is 34.2 Å². The molecule has 0 aromatic heterocycles. The Morgan fingerprint density at radius 2 is 0.816 bits per heavy atom. The highest BCUT2D eigenvalue weighted by molar-refractivity contribution is 5.77. The van der Waals surface area contributed by atoms with E-state index < -0.39 is 40.5 Å². The zero-order valence-corrected chi connectivity index (χ0v) is 24.8.